The molecule has 2 heterocycles. The fourth-order valence-electron chi connectivity index (χ4n) is 5.15. The van der Waals surface area contributed by atoms with Gasteiger partial charge in [0.15, 0.2) is 0 Å². The van der Waals surface area contributed by atoms with Crippen LogP contribution in [0.5, 0.6) is 0 Å². The van der Waals surface area contributed by atoms with Crippen molar-refractivity contribution >= 4 is 58.1 Å². The number of primary amides is 1. The number of nitrogens with two attached hydrogens (primary N) is 1. The molecule has 7 N–H and O–H groups in total. The number of carbonyl (C=O) groups is 6. The van der Waals surface area contributed by atoms with Gasteiger partial charge in [-0.25, -0.2) is 4.79 Å². The molecule has 0 radical (unpaired) electrons. The van der Waals surface area contributed by atoms with Crippen LogP contribution in [0.1, 0.15) is 31.2 Å². The molecule has 0 bridgehead atoms. The highest BCUT2D eigenvalue weighted by atomic mass is 32.2. The van der Waals surface area contributed by atoms with E-state index in [2.05, 4.69) is 16.0 Å². The Bertz CT molecular complexity index is 1370. The van der Waals surface area contributed by atoms with Gasteiger partial charge in [-0.2, -0.15) is 0 Å². The lowest BCUT2D eigenvalue weighted by Gasteiger charge is -2.37. The second-order valence-electron chi connectivity index (χ2n) is 10.2. The standard InChI is InChI=1S/C28H34N6O7S/c29-24(37)19(12-16-8-9-17-5-1-2-6-18(17)11-16)31-26(39)22-7-3-4-10-34(22)27(40)21(14-42-15-35)30-23(36)13-20-25(38)33-28(41)32-20/h1-2,5-6,8-9,11,19-22,35H,3-4,7,10,12-15H2,(H2,29,37)(H,30,36)(H,31,39)(H2,32,33,38,41)/t19-,20?,21-,22-/m0/s1. The van der Waals surface area contributed by atoms with Crippen molar-refractivity contribution in [2.45, 2.75) is 56.3 Å². The molecule has 2 fully saturated rings. The van der Waals surface area contributed by atoms with E-state index >= 15 is 0 Å². The van der Waals surface area contributed by atoms with Gasteiger partial charge in [-0.1, -0.05) is 42.5 Å². The first-order valence-corrected chi connectivity index (χ1v) is 14.8. The Kier molecular flexibility index (Phi) is 10.4. The van der Waals surface area contributed by atoms with Gasteiger partial charge in [0.1, 0.15) is 24.2 Å². The lowest BCUT2D eigenvalue weighted by Crippen LogP contribution is -2.60. The van der Waals surface area contributed by atoms with Crippen molar-refractivity contribution in [1.82, 2.24) is 26.2 Å². The van der Waals surface area contributed by atoms with E-state index in [0.717, 1.165) is 28.1 Å². The van der Waals surface area contributed by atoms with Crippen LogP contribution in [0.4, 0.5) is 4.79 Å². The van der Waals surface area contributed by atoms with E-state index in [1.54, 1.807) is 0 Å². The molecule has 2 saturated heterocycles. The molecule has 0 aromatic heterocycles. The fourth-order valence-corrected chi connectivity index (χ4v) is 5.71. The average Bonchev–Trinajstić information content (AvgIpc) is 3.29. The number of fused-ring (bicyclic) bond motifs is 1. The summed E-state index contributed by atoms with van der Waals surface area (Å²) in [5.74, 6) is -3.37. The topological polar surface area (TPSA) is 200 Å². The molecule has 14 heteroatoms. The summed E-state index contributed by atoms with van der Waals surface area (Å²) in [6.07, 6.45) is 1.44. The third-order valence-electron chi connectivity index (χ3n) is 7.26. The summed E-state index contributed by atoms with van der Waals surface area (Å²) in [6.45, 7) is 0.250. The molecular formula is C28H34N6O7S. The van der Waals surface area contributed by atoms with E-state index in [1.165, 1.54) is 4.90 Å². The number of carbonyl (C=O) groups excluding carboxylic acids is 6. The van der Waals surface area contributed by atoms with Crippen molar-refractivity contribution < 1.29 is 33.9 Å². The Morgan fingerprint density at radius 2 is 1.81 bits per heavy atom. The van der Waals surface area contributed by atoms with E-state index in [-0.39, 0.29) is 31.1 Å². The highest BCUT2D eigenvalue weighted by molar-refractivity contribution is 7.99. The van der Waals surface area contributed by atoms with Crippen LogP contribution in [0.25, 0.3) is 10.8 Å². The molecule has 4 rings (SSSR count). The summed E-state index contributed by atoms with van der Waals surface area (Å²) in [7, 11) is 0. The first kappa shape index (κ1) is 30.8. The normalized spacial score (nSPS) is 19.9. The van der Waals surface area contributed by atoms with Gasteiger partial charge in [-0.05, 0) is 35.6 Å². The van der Waals surface area contributed by atoms with E-state index in [1.807, 2.05) is 47.8 Å². The number of amides is 7. The Morgan fingerprint density at radius 3 is 2.50 bits per heavy atom. The van der Waals surface area contributed by atoms with Crippen molar-refractivity contribution in [2.75, 3.05) is 18.2 Å². The highest BCUT2D eigenvalue weighted by Crippen LogP contribution is 2.21. The molecular weight excluding hydrogens is 564 g/mol. The van der Waals surface area contributed by atoms with Gasteiger partial charge in [0, 0.05) is 18.7 Å². The lowest BCUT2D eigenvalue weighted by molar-refractivity contribution is -0.145. The van der Waals surface area contributed by atoms with Crippen molar-refractivity contribution in [3.05, 3.63) is 48.0 Å². The van der Waals surface area contributed by atoms with E-state index in [4.69, 9.17) is 5.73 Å². The first-order chi connectivity index (χ1) is 20.2. The molecule has 0 saturated carbocycles. The summed E-state index contributed by atoms with van der Waals surface area (Å²) in [5, 5.41) is 21.0. The summed E-state index contributed by atoms with van der Waals surface area (Å²) < 4.78 is 0. The smallest absolute Gasteiger partial charge is 0.322 e. The maximum atomic E-state index is 13.6. The number of thioether (sulfide) groups is 1. The van der Waals surface area contributed by atoms with Crippen LogP contribution in [0.15, 0.2) is 42.5 Å². The van der Waals surface area contributed by atoms with Gasteiger partial charge in [0.25, 0.3) is 5.91 Å². The van der Waals surface area contributed by atoms with Crippen LogP contribution in [0.3, 0.4) is 0 Å². The maximum Gasteiger partial charge on any atom is 0.322 e. The van der Waals surface area contributed by atoms with Gasteiger partial charge in [-0.15, -0.1) is 11.8 Å². The average molecular weight is 599 g/mol. The maximum absolute atomic E-state index is 13.6. The Hall–Kier alpha value is -4.17. The fraction of sp³-hybridized carbons (Fsp3) is 0.429. The van der Waals surface area contributed by atoms with Crippen molar-refractivity contribution in [1.29, 1.82) is 0 Å². The number of aliphatic hydroxyl groups is 1. The zero-order valence-corrected chi connectivity index (χ0v) is 23.7. The van der Waals surface area contributed by atoms with Crippen molar-refractivity contribution in [3.8, 4) is 0 Å². The number of likely N-dealkylation sites (tertiary alicyclic amines) is 1. The Labute approximate surface area is 246 Å². The van der Waals surface area contributed by atoms with Gasteiger partial charge < -0.3 is 31.7 Å². The van der Waals surface area contributed by atoms with E-state index in [9.17, 15) is 33.9 Å². The molecule has 7 amide bonds. The van der Waals surface area contributed by atoms with E-state index in [0.29, 0.717) is 19.3 Å². The van der Waals surface area contributed by atoms with E-state index < -0.39 is 59.7 Å². The molecule has 1 unspecified atom stereocenters. The van der Waals surface area contributed by atoms with Gasteiger partial charge in [0.2, 0.25) is 23.6 Å². The number of hydrogen-bond acceptors (Lipinski definition) is 8. The highest BCUT2D eigenvalue weighted by Gasteiger charge is 2.38. The molecule has 2 aromatic rings. The van der Waals surface area contributed by atoms with Gasteiger partial charge in [0.05, 0.1) is 12.4 Å². The number of benzene rings is 2. The van der Waals surface area contributed by atoms with Gasteiger partial charge >= 0.3 is 6.03 Å². The lowest BCUT2D eigenvalue weighted by atomic mass is 9.98. The summed E-state index contributed by atoms with van der Waals surface area (Å²) in [6, 6.07) is 8.70. The van der Waals surface area contributed by atoms with Crippen LogP contribution in [0, 0.1) is 0 Å². The Balaban J connectivity index is 1.44. The largest absolute Gasteiger partial charge is 0.386 e. The van der Waals surface area contributed by atoms with Crippen LogP contribution < -0.4 is 27.0 Å². The quantitative estimate of drug-likeness (QED) is 0.139. The van der Waals surface area contributed by atoms with Crippen LogP contribution in [0.2, 0.25) is 0 Å². The Morgan fingerprint density at radius 1 is 1.05 bits per heavy atom. The SMILES string of the molecule is NC(=O)[C@H](Cc1ccc2ccccc2c1)NC(=O)[C@@H]1CCCCN1C(=O)[C@H](CSCO)NC(=O)CC1NC(=O)NC1=O. The molecule has 2 aliphatic rings. The second kappa shape index (κ2) is 14.1. The number of urea groups is 1. The third-order valence-corrected chi connectivity index (χ3v) is 8.01. The van der Waals surface area contributed by atoms with Crippen LogP contribution in [-0.4, -0.2) is 88.0 Å². The van der Waals surface area contributed by atoms with Crippen LogP contribution >= 0.6 is 11.8 Å². The predicted molar refractivity (Wildman–Crippen MR) is 155 cm³/mol. The van der Waals surface area contributed by atoms with Gasteiger partial charge in [-0.3, -0.25) is 29.3 Å². The molecule has 224 valence electrons. The first-order valence-electron chi connectivity index (χ1n) is 13.6. The zero-order chi connectivity index (χ0) is 30.2. The number of nitrogens with zero attached hydrogens (tertiary/aromatic N) is 1. The molecule has 2 aliphatic heterocycles. The number of piperidine rings is 1. The number of imide groups is 1. The summed E-state index contributed by atoms with van der Waals surface area (Å²) >= 11 is 1.00. The number of nitrogens with one attached hydrogen (secondary N) is 4. The molecule has 0 spiro atoms. The molecule has 0 aliphatic carbocycles. The van der Waals surface area contributed by atoms with Crippen molar-refractivity contribution in [3.63, 3.8) is 0 Å². The minimum Gasteiger partial charge on any atom is -0.386 e. The monoisotopic (exact) mass is 598 g/mol. The predicted octanol–water partition coefficient (Wildman–Crippen LogP) is -0.501. The summed E-state index contributed by atoms with van der Waals surface area (Å²) in [5.41, 5.74) is 6.46. The minimum atomic E-state index is -1.10. The second-order valence-corrected chi connectivity index (χ2v) is 11.2. The number of aliphatic hydroxyl groups excluding tert-OH is 1. The molecule has 4 atom stereocenters. The summed E-state index contributed by atoms with van der Waals surface area (Å²) in [4.78, 5) is 76.7. The number of hydrogen-bond donors (Lipinski definition) is 6. The zero-order valence-electron chi connectivity index (χ0n) is 22.8. The molecule has 42 heavy (non-hydrogen) atoms. The molecule has 13 nitrogen and oxygen atoms in total. The van der Waals surface area contributed by atoms with Crippen LogP contribution in [-0.2, 0) is 30.4 Å². The minimum absolute atomic E-state index is 0.0149. The third kappa shape index (κ3) is 7.76. The number of rotatable bonds is 12. The van der Waals surface area contributed by atoms with Crippen molar-refractivity contribution in [2.24, 2.45) is 5.73 Å². The molecule has 2 aromatic carbocycles.